The quantitative estimate of drug-likeness (QED) is 0.633. The molecule has 0 saturated heterocycles. The van der Waals surface area contributed by atoms with Crippen molar-refractivity contribution in [3.63, 3.8) is 0 Å². The fraction of sp³-hybridized carbons (Fsp3) is 0.222. The summed E-state index contributed by atoms with van der Waals surface area (Å²) in [6, 6.07) is 8.08. The van der Waals surface area contributed by atoms with Crippen molar-refractivity contribution in [1.82, 2.24) is 9.55 Å². The summed E-state index contributed by atoms with van der Waals surface area (Å²) in [6.45, 7) is 0. The van der Waals surface area contributed by atoms with Crippen LogP contribution in [0, 0.1) is 0 Å². The first-order valence-corrected chi connectivity index (χ1v) is 3.82. The van der Waals surface area contributed by atoms with E-state index in [4.69, 9.17) is 0 Å². The van der Waals surface area contributed by atoms with E-state index in [1.54, 1.807) is 0 Å². The van der Waals surface area contributed by atoms with Gasteiger partial charge >= 0.3 is 0 Å². The molecule has 0 fully saturated rings. The summed E-state index contributed by atoms with van der Waals surface area (Å²) in [5.41, 5.74) is 6.74. The van der Waals surface area contributed by atoms with Gasteiger partial charge in [0, 0.05) is 7.05 Å². The molecule has 0 aliphatic rings. The molecule has 0 saturated carbocycles. The highest BCUT2D eigenvalue weighted by atomic mass is 15.0. The Hall–Kier alpha value is -1.35. The molecule has 0 spiro atoms. The lowest BCUT2D eigenvalue weighted by atomic mass is 10.3. The zero-order chi connectivity index (χ0) is 8.97. The number of hydrogen-bond donors (Lipinski definition) is 1. The monoisotopic (exact) mass is 163 g/mol. The number of hydrogen-bond acceptors (Lipinski definition) is 2. The van der Waals surface area contributed by atoms with Gasteiger partial charge in [-0.3, -0.25) is 0 Å². The van der Waals surface area contributed by atoms with Gasteiger partial charge in [-0.05, 0) is 19.2 Å². The maximum absolute atomic E-state index is 4.50. The van der Waals surface area contributed by atoms with E-state index in [1.165, 1.54) is 12.6 Å². The lowest BCUT2D eigenvalue weighted by Crippen LogP contribution is -1.81. The van der Waals surface area contributed by atoms with Crippen LogP contribution in [-0.4, -0.2) is 16.6 Å². The molecule has 3 nitrogen and oxygen atoms in total. The van der Waals surface area contributed by atoms with Gasteiger partial charge in [-0.15, -0.1) is 0 Å². The van der Waals surface area contributed by atoms with Gasteiger partial charge in [-0.25, -0.2) is 4.98 Å². The second-order valence-corrected chi connectivity index (χ2v) is 2.34. The summed E-state index contributed by atoms with van der Waals surface area (Å²) in [4.78, 5) is 4.18. The van der Waals surface area contributed by atoms with E-state index in [2.05, 4.69) is 16.8 Å². The van der Waals surface area contributed by atoms with Crippen LogP contribution in [0.4, 0.5) is 0 Å². The molecule has 0 amide bonds. The van der Waals surface area contributed by atoms with Gasteiger partial charge in [0.25, 0.3) is 0 Å². The minimum absolute atomic E-state index is 1.06. The van der Waals surface area contributed by atoms with Crippen LogP contribution in [0.5, 0.6) is 0 Å². The van der Waals surface area contributed by atoms with Crippen molar-refractivity contribution in [2.24, 2.45) is 12.8 Å². The highest BCUT2D eigenvalue weighted by Gasteiger charge is 1.93. The molecule has 64 valence electrons. The maximum Gasteiger partial charge on any atom is 0.0955 e. The van der Waals surface area contributed by atoms with E-state index < -0.39 is 0 Å². The summed E-state index contributed by atoms with van der Waals surface area (Å²) in [5.74, 6) is 0. The number of fused-ring (bicyclic) bond motifs is 1. The molecule has 1 aromatic carbocycles. The van der Waals surface area contributed by atoms with Gasteiger partial charge < -0.3 is 10.3 Å². The van der Waals surface area contributed by atoms with Gasteiger partial charge in [0.15, 0.2) is 0 Å². The summed E-state index contributed by atoms with van der Waals surface area (Å²) >= 11 is 0. The molecular formula is C9H13N3. The summed E-state index contributed by atoms with van der Waals surface area (Å²) in [7, 11) is 3.50. The Balaban J connectivity index is 0.000000336. The number of imidazole rings is 1. The molecule has 0 unspecified atom stereocenters. The normalized spacial score (nSPS) is 9.25. The van der Waals surface area contributed by atoms with Crippen molar-refractivity contribution in [3.05, 3.63) is 30.6 Å². The van der Waals surface area contributed by atoms with Crippen LogP contribution in [0.1, 0.15) is 0 Å². The zero-order valence-electron chi connectivity index (χ0n) is 7.36. The van der Waals surface area contributed by atoms with E-state index in [-0.39, 0.29) is 0 Å². The minimum atomic E-state index is 1.06. The molecule has 1 heterocycles. The molecule has 0 bridgehead atoms. The summed E-state index contributed by atoms with van der Waals surface area (Å²) < 4.78 is 2.01. The number of nitrogens with zero attached hydrogens (tertiary/aromatic N) is 2. The smallest absolute Gasteiger partial charge is 0.0955 e. The molecule has 1 aromatic heterocycles. The third kappa shape index (κ3) is 1.46. The van der Waals surface area contributed by atoms with Crippen molar-refractivity contribution in [3.8, 4) is 0 Å². The van der Waals surface area contributed by atoms with E-state index in [9.17, 15) is 0 Å². The first-order chi connectivity index (χ1) is 5.88. The molecular weight excluding hydrogens is 150 g/mol. The predicted octanol–water partition coefficient (Wildman–Crippen LogP) is 1.15. The Kier molecular flexibility index (Phi) is 2.82. The Morgan fingerprint density at radius 3 is 2.58 bits per heavy atom. The van der Waals surface area contributed by atoms with Gasteiger partial charge in [-0.1, -0.05) is 12.1 Å². The Morgan fingerprint density at radius 2 is 1.92 bits per heavy atom. The molecule has 0 aliphatic carbocycles. The first kappa shape index (κ1) is 8.74. The number of rotatable bonds is 0. The van der Waals surface area contributed by atoms with Crippen molar-refractivity contribution < 1.29 is 0 Å². The standard InChI is InChI=1S/C8H8N2.CH5N/c1-10-6-9-7-4-2-3-5-8(7)10;1-2/h2-6H,1H3;2H2,1H3. The van der Waals surface area contributed by atoms with Crippen LogP contribution in [0.25, 0.3) is 11.0 Å². The average molecular weight is 163 g/mol. The molecule has 0 radical (unpaired) electrons. The largest absolute Gasteiger partial charge is 0.334 e. The molecule has 2 N–H and O–H groups in total. The Labute approximate surface area is 71.8 Å². The third-order valence-corrected chi connectivity index (χ3v) is 1.63. The topological polar surface area (TPSA) is 43.8 Å². The minimum Gasteiger partial charge on any atom is -0.334 e. The van der Waals surface area contributed by atoms with Crippen molar-refractivity contribution in [2.45, 2.75) is 0 Å². The van der Waals surface area contributed by atoms with Gasteiger partial charge in [-0.2, -0.15) is 0 Å². The zero-order valence-corrected chi connectivity index (χ0v) is 7.36. The van der Waals surface area contributed by atoms with Crippen molar-refractivity contribution >= 4 is 11.0 Å². The fourth-order valence-electron chi connectivity index (χ4n) is 1.08. The number of aryl methyl sites for hydroxylation is 1. The third-order valence-electron chi connectivity index (χ3n) is 1.63. The number of benzene rings is 1. The molecule has 0 atom stereocenters. The average Bonchev–Trinajstić information content (AvgIpc) is 2.53. The van der Waals surface area contributed by atoms with Crippen molar-refractivity contribution in [1.29, 1.82) is 0 Å². The Morgan fingerprint density at radius 1 is 1.25 bits per heavy atom. The first-order valence-electron chi connectivity index (χ1n) is 3.82. The SMILES string of the molecule is CN.Cn1cnc2ccccc21. The van der Waals surface area contributed by atoms with E-state index >= 15 is 0 Å². The van der Waals surface area contributed by atoms with E-state index in [0.717, 1.165) is 5.52 Å². The van der Waals surface area contributed by atoms with Crippen LogP contribution >= 0.6 is 0 Å². The van der Waals surface area contributed by atoms with Crippen LogP contribution in [0.3, 0.4) is 0 Å². The Bertz CT molecular complexity index is 351. The lowest BCUT2D eigenvalue weighted by molar-refractivity contribution is 0.948. The van der Waals surface area contributed by atoms with Crippen LogP contribution in [0.15, 0.2) is 30.6 Å². The van der Waals surface area contributed by atoms with E-state index in [0.29, 0.717) is 0 Å². The summed E-state index contributed by atoms with van der Waals surface area (Å²) in [6.07, 6.45) is 1.82. The molecule has 0 aliphatic heterocycles. The maximum atomic E-state index is 4.50. The number of para-hydroxylation sites is 2. The lowest BCUT2D eigenvalue weighted by Gasteiger charge is -1.90. The van der Waals surface area contributed by atoms with Crippen LogP contribution in [-0.2, 0) is 7.05 Å². The van der Waals surface area contributed by atoms with E-state index in [1.807, 2.05) is 36.1 Å². The summed E-state index contributed by atoms with van der Waals surface area (Å²) in [5, 5.41) is 0. The predicted molar refractivity (Wildman–Crippen MR) is 50.8 cm³/mol. The van der Waals surface area contributed by atoms with Gasteiger partial charge in [0.2, 0.25) is 0 Å². The highest BCUT2D eigenvalue weighted by Crippen LogP contribution is 2.08. The fourth-order valence-corrected chi connectivity index (χ4v) is 1.08. The van der Waals surface area contributed by atoms with Crippen LogP contribution in [0.2, 0.25) is 0 Å². The molecule has 2 rings (SSSR count). The molecule has 3 heteroatoms. The number of aromatic nitrogens is 2. The van der Waals surface area contributed by atoms with Crippen LogP contribution < -0.4 is 5.73 Å². The second-order valence-electron chi connectivity index (χ2n) is 2.34. The highest BCUT2D eigenvalue weighted by molar-refractivity contribution is 5.74. The van der Waals surface area contributed by atoms with Gasteiger partial charge in [0.1, 0.15) is 0 Å². The van der Waals surface area contributed by atoms with Crippen molar-refractivity contribution in [2.75, 3.05) is 7.05 Å². The van der Waals surface area contributed by atoms with Gasteiger partial charge in [0.05, 0.1) is 17.4 Å². The molecule has 2 aromatic rings. The number of nitrogens with two attached hydrogens (primary N) is 1. The molecule has 12 heavy (non-hydrogen) atoms. The second kappa shape index (κ2) is 3.88.